The Bertz CT molecular complexity index is 868. The molecule has 0 radical (unpaired) electrons. The molecular weight excluding hydrogens is 345 g/mol. The average Bonchev–Trinajstić information content (AvgIpc) is 2.96. The Labute approximate surface area is 163 Å². The number of hydrogen-bond acceptors (Lipinski definition) is 1. The molecular formula is C25H26NP. The van der Waals surface area contributed by atoms with E-state index in [1.165, 1.54) is 10.6 Å². The summed E-state index contributed by atoms with van der Waals surface area (Å²) >= 11 is 0. The molecule has 0 saturated heterocycles. The Kier molecular flexibility index (Phi) is 7.01. The molecule has 1 unspecified atom stereocenters. The molecule has 0 heterocycles. The molecule has 0 amide bonds. The molecule has 1 aromatic rings. The van der Waals surface area contributed by atoms with Crippen molar-refractivity contribution in [1.29, 1.82) is 5.26 Å². The van der Waals surface area contributed by atoms with E-state index in [4.69, 9.17) is 5.26 Å². The monoisotopic (exact) mass is 371 g/mol. The van der Waals surface area contributed by atoms with Crippen molar-refractivity contribution in [3.8, 4) is 6.07 Å². The van der Waals surface area contributed by atoms with Crippen LogP contribution in [-0.2, 0) is 0 Å². The third-order valence-electron chi connectivity index (χ3n) is 5.24. The Morgan fingerprint density at radius 3 is 2.56 bits per heavy atom. The van der Waals surface area contributed by atoms with Gasteiger partial charge in [-0.3, -0.25) is 0 Å². The SMILES string of the molecule is N#CCCC[PH](C1=CC=CCC=C1)(c1ccccc1)C1C=CC=C=C/C=C\1. The van der Waals surface area contributed by atoms with Crippen LogP contribution >= 0.6 is 7.26 Å². The zero-order valence-electron chi connectivity index (χ0n) is 15.6. The number of nitriles is 1. The minimum atomic E-state index is -2.16. The van der Waals surface area contributed by atoms with Crippen LogP contribution in [0.4, 0.5) is 0 Å². The molecule has 0 spiro atoms. The first-order valence-corrected chi connectivity index (χ1v) is 11.9. The molecule has 27 heavy (non-hydrogen) atoms. The van der Waals surface area contributed by atoms with Crippen molar-refractivity contribution >= 4 is 12.6 Å². The summed E-state index contributed by atoms with van der Waals surface area (Å²) in [5, 5.41) is 12.0. The van der Waals surface area contributed by atoms with Gasteiger partial charge in [-0.25, -0.2) is 0 Å². The molecule has 0 aromatic heterocycles. The van der Waals surface area contributed by atoms with Gasteiger partial charge in [0.2, 0.25) is 0 Å². The van der Waals surface area contributed by atoms with Gasteiger partial charge < -0.3 is 0 Å². The van der Waals surface area contributed by atoms with Crippen molar-refractivity contribution < 1.29 is 0 Å². The van der Waals surface area contributed by atoms with Gasteiger partial charge >= 0.3 is 163 Å². The number of allylic oxidation sites excluding steroid dienone is 11. The maximum absolute atomic E-state index is 9.16. The Balaban J connectivity index is 2.19. The summed E-state index contributed by atoms with van der Waals surface area (Å²) in [7, 11) is -2.16. The zero-order chi connectivity index (χ0) is 18.8. The molecule has 0 fully saturated rings. The first-order valence-electron chi connectivity index (χ1n) is 9.60. The van der Waals surface area contributed by atoms with Gasteiger partial charge in [0.05, 0.1) is 0 Å². The van der Waals surface area contributed by atoms with Gasteiger partial charge in [0.1, 0.15) is 0 Å². The van der Waals surface area contributed by atoms with Crippen molar-refractivity contribution in [2.75, 3.05) is 6.16 Å². The Morgan fingerprint density at radius 1 is 1.04 bits per heavy atom. The van der Waals surface area contributed by atoms with E-state index >= 15 is 0 Å². The third-order valence-corrected chi connectivity index (χ3v) is 10.6. The van der Waals surface area contributed by atoms with Crippen LogP contribution in [0.1, 0.15) is 19.3 Å². The van der Waals surface area contributed by atoms with Crippen LogP contribution in [0.5, 0.6) is 0 Å². The quantitative estimate of drug-likeness (QED) is 0.343. The fourth-order valence-electron chi connectivity index (χ4n) is 3.98. The van der Waals surface area contributed by atoms with E-state index in [0.29, 0.717) is 12.1 Å². The summed E-state index contributed by atoms with van der Waals surface area (Å²) in [5.41, 5.74) is 3.48. The molecule has 1 atom stereocenters. The van der Waals surface area contributed by atoms with Gasteiger partial charge in [0, 0.05) is 0 Å². The first kappa shape index (κ1) is 19.1. The fraction of sp³-hybridized carbons (Fsp3) is 0.200. The second-order valence-electron chi connectivity index (χ2n) is 6.83. The molecule has 1 aromatic carbocycles. The fourth-order valence-corrected chi connectivity index (χ4v) is 9.20. The molecule has 0 bridgehead atoms. The molecule has 0 aliphatic heterocycles. The Morgan fingerprint density at radius 2 is 1.81 bits per heavy atom. The van der Waals surface area contributed by atoms with Crippen molar-refractivity contribution in [3.05, 3.63) is 108 Å². The summed E-state index contributed by atoms with van der Waals surface area (Å²) in [6.07, 6.45) is 27.7. The van der Waals surface area contributed by atoms with Gasteiger partial charge in [-0.15, -0.1) is 0 Å². The van der Waals surface area contributed by atoms with Crippen LogP contribution in [0.2, 0.25) is 0 Å². The summed E-state index contributed by atoms with van der Waals surface area (Å²) in [6.45, 7) is 0. The number of rotatable bonds is 6. The van der Waals surface area contributed by atoms with Crippen molar-refractivity contribution in [1.82, 2.24) is 0 Å². The van der Waals surface area contributed by atoms with Crippen LogP contribution in [0, 0.1) is 11.3 Å². The summed E-state index contributed by atoms with van der Waals surface area (Å²) < 4.78 is 0. The second kappa shape index (κ2) is 9.89. The number of nitrogens with zero attached hydrogens (tertiary/aromatic N) is 1. The van der Waals surface area contributed by atoms with Crippen LogP contribution < -0.4 is 5.30 Å². The predicted octanol–water partition coefficient (Wildman–Crippen LogP) is 5.97. The van der Waals surface area contributed by atoms with Crippen LogP contribution in [0.3, 0.4) is 0 Å². The third kappa shape index (κ3) is 4.56. The van der Waals surface area contributed by atoms with E-state index in [2.05, 4.69) is 96.8 Å². The van der Waals surface area contributed by atoms with E-state index in [-0.39, 0.29) is 0 Å². The standard InChI is InChI=1S/C25H26NP/c26-21-13-14-22-27(25-19-11-6-12-20-25,24-17-9-4-5-10-18-24)23-15-7-2-1-3-8-16-23/h2-4,6-12,15-20,23,27H,5,13-14,22H2/b15-7-,16-8?. The molecule has 2 aliphatic carbocycles. The van der Waals surface area contributed by atoms with Gasteiger partial charge in [-0.1, -0.05) is 0 Å². The van der Waals surface area contributed by atoms with Gasteiger partial charge in [-0.2, -0.15) is 0 Å². The topological polar surface area (TPSA) is 23.8 Å². The van der Waals surface area contributed by atoms with E-state index in [1.54, 1.807) is 0 Å². The molecule has 2 heteroatoms. The Hall–Kier alpha value is -2.64. The van der Waals surface area contributed by atoms with Crippen molar-refractivity contribution in [2.24, 2.45) is 0 Å². The van der Waals surface area contributed by atoms with E-state index in [1.807, 2.05) is 12.2 Å². The van der Waals surface area contributed by atoms with E-state index in [9.17, 15) is 0 Å². The predicted molar refractivity (Wildman–Crippen MR) is 120 cm³/mol. The molecule has 136 valence electrons. The van der Waals surface area contributed by atoms with Crippen molar-refractivity contribution in [3.63, 3.8) is 0 Å². The van der Waals surface area contributed by atoms with Crippen LogP contribution in [-0.4, -0.2) is 11.8 Å². The van der Waals surface area contributed by atoms with Gasteiger partial charge in [-0.05, 0) is 0 Å². The molecule has 2 aliphatic rings. The number of hydrogen-bond donors (Lipinski definition) is 0. The average molecular weight is 371 g/mol. The van der Waals surface area contributed by atoms with Crippen LogP contribution in [0.25, 0.3) is 0 Å². The molecule has 0 saturated carbocycles. The normalized spacial score (nSPS) is 20.3. The maximum atomic E-state index is 9.16. The summed E-state index contributed by atoms with van der Waals surface area (Å²) in [5.74, 6) is 0. The van der Waals surface area contributed by atoms with Gasteiger partial charge in [0.25, 0.3) is 0 Å². The van der Waals surface area contributed by atoms with Gasteiger partial charge in [0.15, 0.2) is 0 Å². The van der Waals surface area contributed by atoms with Crippen LogP contribution in [0.15, 0.2) is 108 Å². The summed E-state index contributed by atoms with van der Waals surface area (Å²) in [4.78, 5) is 0. The molecule has 0 N–H and O–H groups in total. The zero-order valence-corrected chi connectivity index (χ0v) is 16.6. The number of unbranched alkanes of at least 4 members (excludes halogenated alkanes) is 1. The summed E-state index contributed by atoms with van der Waals surface area (Å²) in [6, 6.07) is 13.3. The first-order chi connectivity index (χ1) is 13.4. The molecule has 3 rings (SSSR count). The van der Waals surface area contributed by atoms with E-state index < -0.39 is 7.26 Å². The molecule has 1 nitrogen and oxygen atoms in total. The van der Waals surface area contributed by atoms with E-state index in [0.717, 1.165) is 19.0 Å². The second-order valence-corrected chi connectivity index (χ2v) is 11.1. The minimum absolute atomic E-state index is 0.329. The number of benzene rings is 1. The van der Waals surface area contributed by atoms with Crippen molar-refractivity contribution in [2.45, 2.75) is 24.9 Å².